The lowest BCUT2D eigenvalue weighted by molar-refractivity contribution is -0.120. The predicted octanol–water partition coefficient (Wildman–Crippen LogP) is 2.78. The highest BCUT2D eigenvalue weighted by atomic mass is 16.5. The van der Waals surface area contributed by atoms with Gasteiger partial charge in [0.05, 0.1) is 5.92 Å². The molecule has 1 aliphatic carbocycles. The number of ketones is 1. The average Bonchev–Trinajstić information content (AvgIpc) is 2.74. The first-order chi connectivity index (χ1) is 8.76. The van der Waals surface area contributed by atoms with Gasteiger partial charge in [-0.3, -0.25) is 4.79 Å². The summed E-state index contributed by atoms with van der Waals surface area (Å²) < 4.78 is 10.5. The van der Waals surface area contributed by atoms with Crippen LogP contribution < -0.4 is 0 Å². The number of hydrogen-bond donors (Lipinski definition) is 0. The number of carbonyl (C=O) groups is 1. The van der Waals surface area contributed by atoms with Crippen molar-refractivity contribution in [3.05, 3.63) is 11.7 Å². The predicted molar refractivity (Wildman–Crippen MR) is 65.2 cm³/mol. The molecule has 0 N–H and O–H groups in total. The lowest BCUT2D eigenvalue weighted by Crippen LogP contribution is -2.11. The zero-order valence-electron chi connectivity index (χ0n) is 11.0. The zero-order valence-corrected chi connectivity index (χ0v) is 11.0. The van der Waals surface area contributed by atoms with Gasteiger partial charge < -0.3 is 9.26 Å². The number of Topliss-reactive ketones (excluding diaryl/α,β-unsaturated/α-hetero) is 1. The van der Waals surface area contributed by atoms with Gasteiger partial charge in [0, 0.05) is 13.5 Å². The van der Waals surface area contributed by atoms with Crippen LogP contribution in [0.3, 0.4) is 0 Å². The van der Waals surface area contributed by atoms with Crippen LogP contribution in [0.25, 0.3) is 0 Å². The van der Waals surface area contributed by atoms with Gasteiger partial charge >= 0.3 is 0 Å². The van der Waals surface area contributed by atoms with Crippen molar-refractivity contribution in [2.24, 2.45) is 0 Å². The van der Waals surface area contributed by atoms with Crippen molar-refractivity contribution in [1.82, 2.24) is 10.1 Å². The summed E-state index contributed by atoms with van der Waals surface area (Å²) in [5.74, 6) is 1.04. The number of aromatic nitrogens is 2. The Hall–Kier alpha value is -1.23. The summed E-state index contributed by atoms with van der Waals surface area (Å²) in [6.07, 6.45) is 5.23. The fraction of sp³-hybridized carbons (Fsp3) is 0.769. The lowest BCUT2D eigenvalue weighted by atomic mass is 9.99. The molecule has 1 aromatic rings. The van der Waals surface area contributed by atoms with Gasteiger partial charge in [-0.25, -0.2) is 0 Å². The molecule has 1 aliphatic rings. The SMILES string of the molecule is CCC(OC)c1noc(C2CCCCCC2=O)n1. The fourth-order valence-electron chi connectivity index (χ4n) is 2.40. The molecule has 1 fully saturated rings. The minimum absolute atomic E-state index is 0.150. The molecule has 5 nitrogen and oxygen atoms in total. The van der Waals surface area contributed by atoms with Crippen molar-refractivity contribution in [2.75, 3.05) is 7.11 Å². The molecule has 2 atom stereocenters. The molecule has 18 heavy (non-hydrogen) atoms. The highest BCUT2D eigenvalue weighted by Crippen LogP contribution is 2.29. The number of rotatable bonds is 4. The van der Waals surface area contributed by atoms with Crippen LogP contribution in [0.4, 0.5) is 0 Å². The summed E-state index contributed by atoms with van der Waals surface area (Å²) in [6, 6.07) is 0. The van der Waals surface area contributed by atoms with Crippen LogP contribution in [0, 0.1) is 0 Å². The van der Waals surface area contributed by atoms with Crippen LogP contribution in [0.5, 0.6) is 0 Å². The van der Waals surface area contributed by atoms with Gasteiger partial charge in [-0.05, 0) is 19.3 Å². The van der Waals surface area contributed by atoms with Gasteiger partial charge in [0.1, 0.15) is 11.9 Å². The topological polar surface area (TPSA) is 65.2 Å². The van der Waals surface area contributed by atoms with E-state index in [-0.39, 0.29) is 17.8 Å². The number of methoxy groups -OCH3 is 1. The number of ether oxygens (including phenoxy) is 1. The lowest BCUT2D eigenvalue weighted by Gasteiger charge is -2.08. The molecule has 0 radical (unpaired) electrons. The van der Waals surface area contributed by atoms with E-state index in [0.717, 1.165) is 32.1 Å². The average molecular weight is 252 g/mol. The van der Waals surface area contributed by atoms with Crippen molar-refractivity contribution in [1.29, 1.82) is 0 Å². The molecular formula is C13H20N2O3. The third-order valence-electron chi connectivity index (χ3n) is 3.50. The number of carbonyl (C=O) groups excluding carboxylic acids is 1. The minimum atomic E-state index is -0.205. The third-order valence-corrected chi connectivity index (χ3v) is 3.50. The van der Waals surface area contributed by atoms with Gasteiger partial charge in [-0.2, -0.15) is 4.98 Å². The van der Waals surface area contributed by atoms with E-state index < -0.39 is 0 Å². The van der Waals surface area contributed by atoms with E-state index in [9.17, 15) is 4.79 Å². The Morgan fingerprint density at radius 2 is 2.28 bits per heavy atom. The Kier molecular flexibility index (Phi) is 4.47. The quantitative estimate of drug-likeness (QED) is 0.771. The van der Waals surface area contributed by atoms with E-state index in [4.69, 9.17) is 9.26 Å². The molecule has 1 aromatic heterocycles. The first-order valence-electron chi connectivity index (χ1n) is 6.65. The summed E-state index contributed by atoms with van der Waals surface area (Å²) in [7, 11) is 1.63. The molecule has 1 heterocycles. The second-order valence-electron chi connectivity index (χ2n) is 4.74. The maximum Gasteiger partial charge on any atom is 0.237 e. The maximum atomic E-state index is 12.0. The van der Waals surface area contributed by atoms with Gasteiger partial charge in [0.25, 0.3) is 0 Å². The Balaban J connectivity index is 2.15. The summed E-state index contributed by atoms with van der Waals surface area (Å²) >= 11 is 0. The molecule has 0 amide bonds. The van der Waals surface area contributed by atoms with E-state index in [1.54, 1.807) is 7.11 Å². The second-order valence-corrected chi connectivity index (χ2v) is 4.74. The van der Waals surface area contributed by atoms with Crippen molar-refractivity contribution in [3.63, 3.8) is 0 Å². The zero-order chi connectivity index (χ0) is 13.0. The van der Waals surface area contributed by atoms with E-state index in [1.807, 2.05) is 6.92 Å². The molecular weight excluding hydrogens is 232 g/mol. The van der Waals surface area contributed by atoms with Crippen LogP contribution in [-0.4, -0.2) is 23.0 Å². The molecule has 0 aromatic carbocycles. The second kappa shape index (κ2) is 6.09. The molecule has 0 aliphatic heterocycles. The van der Waals surface area contributed by atoms with Crippen LogP contribution in [0.1, 0.15) is 69.2 Å². The highest BCUT2D eigenvalue weighted by molar-refractivity contribution is 5.84. The Bertz CT molecular complexity index is 399. The van der Waals surface area contributed by atoms with Crippen LogP contribution >= 0.6 is 0 Å². The van der Waals surface area contributed by atoms with Crippen LogP contribution in [0.15, 0.2) is 4.52 Å². The molecule has 2 rings (SSSR count). The standard InChI is InChI=1S/C13H20N2O3/c1-3-11(17-2)12-14-13(18-15-12)9-7-5-4-6-8-10(9)16/h9,11H,3-8H2,1-2H3. The first-order valence-corrected chi connectivity index (χ1v) is 6.65. The minimum Gasteiger partial charge on any atom is -0.373 e. The normalized spacial score (nSPS) is 22.8. The van der Waals surface area contributed by atoms with Crippen molar-refractivity contribution >= 4 is 5.78 Å². The Morgan fingerprint density at radius 1 is 1.44 bits per heavy atom. The van der Waals surface area contributed by atoms with E-state index in [2.05, 4.69) is 10.1 Å². The van der Waals surface area contributed by atoms with E-state index >= 15 is 0 Å². The molecule has 0 saturated heterocycles. The van der Waals surface area contributed by atoms with Gasteiger partial charge in [-0.15, -0.1) is 0 Å². The van der Waals surface area contributed by atoms with E-state index in [0.29, 0.717) is 18.1 Å². The summed E-state index contributed by atoms with van der Waals surface area (Å²) in [5.41, 5.74) is 0. The third kappa shape index (κ3) is 2.77. The van der Waals surface area contributed by atoms with Gasteiger partial charge in [0.15, 0.2) is 0 Å². The molecule has 2 unspecified atom stereocenters. The maximum absolute atomic E-state index is 12.0. The Morgan fingerprint density at radius 3 is 3.00 bits per heavy atom. The van der Waals surface area contributed by atoms with E-state index in [1.165, 1.54) is 0 Å². The molecule has 5 heteroatoms. The summed E-state index contributed by atoms with van der Waals surface area (Å²) in [6.45, 7) is 2.00. The highest BCUT2D eigenvalue weighted by Gasteiger charge is 2.28. The first kappa shape index (κ1) is 13.2. The van der Waals surface area contributed by atoms with Gasteiger partial charge in [0.2, 0.25) is 11.7 Å². The van der Waals surface area contributed by atoms with Gasteiger partial charge in [-0.1, -0.05) is 24.9 Å². The molecule has 0 spiro atoms. The Labute approximate surface area is 107 Å². The fourth-order valence-corrected chi connectivity index (χ4v) is 2.40. The molecule has 0 bridgehead atoms. The summed E-state index contributed by atoms with van der Waals surface area (Å²) in [4.78, 5) is 16.3. The number of hydrogen-bond acceptors (Lipinski definition) is 5. The van der Waals surface area contributed by atoms with Crippen molar-refractivity contribution in [2.45, 2.75) is 57.5 Å². The monoisotopic (exact) mass is 252 g/mol. The summed E-state index contributed by atoms with van der Waals surface area (Å²) in [5, 5.41) is 3.94. The van der Waals surface area contributed by atoms with Crippen LogP contribution in [0.2, 0.25) is 0 Å². The van der Waals surface area contributed by atoms with Crippen molar-refractivity contribution < 1.29 is 14.1 Å². The number of nitrogens with zero attached hydrogens (tertiary/aromatic N) is 2. The smallest absolute Gasteiger partial charge is 0.237 e. The van der Waals surface area contributed by atoms with Crippen LogP contribution in [-0.2, 0) is 9.53 Å². The molecule has 100 valence electrons. The van der Waals surface area contributed by atoms with Crippen molar-refractivity contribution in [3.8, 4) is 0 Å². The largest absolute Gasteiger partial charge is 0.373 e. The molecule has 1 saturated carbocycles.